The highest BCUT2D eigenvalue weighted by Crippen LogP contribution is 2.17. The number of aromatic carboxylic acids is 1. The molecule has 0 spiro atoms. The molecule has 15 heavy (non-hydrogen) atoms. The van der Waals surface area contributed by atoms with Crippen LogP contribution in [0.3, 0.4) is 0 Å². The molecule has 2 aromatic rings. The summed E-state index contributed by atoms with van der Waals surface area (Å²) in [5.41, 5.74) is 0.552. The molecule has 0 amide bonds. The van der Waals surface area contributed by atoms with Gasteiger partial charge in [-0.05, 0) is 6.92 Å². The number of aryl methyl sites for hydroxylation is 1. The van der Waals surface area contributed by atoms with Gasteiger partial charge in [-0.15, -0.1) is 10.2 Å². The van der Waals surface area contributed by atoms with E-state index in [0.29, 0.717) is 17.2 Å². The van der Waals surface area contributed by atoms with E-state index in [2.05, 4.69) is 10.2 Å². The summed E-state index contributed by atoms with van der Waals surface area (Å²) in [5.74, 6) is -0.0563. The molecule has 2 aromatic heterocycles. The van der Waals surface area contributed by atoms with Crippen molar-refractivity contribution >= 4 is 11.6 Å². The summed E-state index contributed by atoms with van der Waals surface area (Å²) < 4.78 is 6.44. The molecule has 0 fully saturated rings. The van der Waals surface area contributed by atoms with Crippen LogP contribution >= 0.6 is 0 Å². The number of hydrogen-bond donors (Lipinski definition) is 1. The third-order valence-corrected chi connectivity index (χ3v) is 2.10. The Morgan fingerprint density at radius 2 is 2.20 bits per heavy atom. The van der Waals surface area contributed by atoms with E-state index in [-0.39, 0.29) is 5.69 Å². The SMILES string of the molecule is COc1cc(C(=O)O)n2c(C)nnc2c1. The Balaban J connectivity index is 2.83. The standard InChI is InChI=1S/C9H9N3O3/c1-5-10-11-8-4-6(15-2)3-7(9(13)14)12(5)8/h3-4H,1-2H3,(H,13,14). The van der Waals surface area contributed by atoms with Crippen LogP contribution in [-0.4, -0.2) is 32.8 Å². The van der Waals surface area contributed by atoms with Crippen molar-refractivity contribution in [3.05, 3.63) is 23.7 Å². The first-order valence-corrected chi connectivity index (χ1v) is 4.26. The third kappa shape index (κ3) is 1.39. The molecule has 0 aromatic carbocycles. The molecule has 0 radical (unpaired) electrons. The van der Waals surface area contributed by atoms with Crippen LogP contribution in [0.4, 0.5) is 0 Å². The van der Waals surface area contributed by atoms with E-state index in [1.54, 1.807) is 13.0 Å². The maximum Gasteiger partial charge on any atom is 0.353 e. The van der Waals surface area contributed by atoms with Gasteiger partial charge < -0.3 is 9.84 Å². The van der Waals surface area contributed by atoms with Crippen molar-refractivity contribution in [3.8, 4) is 5.75 Å². The lowest BCUT2D eigenvalue weighted by molar-refractivity contribution is 0.0688. The maximum atomic E-state index is 11.0. The second-order valence-electron chi connectivity index (χ2n) is 3.03. The van der Waals surface area contributed by atoms with Gasteiger partial charge >= 0.3 is 5.97 Å². The highest BCUT2D eigenvalue weighted by atomic mass is 16.5. The summed E-state index contributed by atoms with van der Waals surface area (Å²) >= 11 is 0. The molecule has 6 heteroatoms. The van der Waals surface area contributed by atoms with E-state index in [1.165, 1.54) is 17.6 Å². The van der Waals surface area contributed by atoms with Crippen LogP contribution in [0, 0.1) is 6.92 Å². The number of nitrogens with zero attached hydrogens (tertiary/aromatic N) is 3. The third-order valence-electron chi connectivity index (χ3n) is 2.10. The average molecular weight is 207 g/mol. The largest absolute Gasteiger partial charge is 0.497 e. The first kappa shape index (κ1) is 9.45. The van der Waals surface area contributed by atoms with Crippen LogP contribution in [0.2, 0.25) is 0 Å². The molecule has 0 saturated heterocycles. The van der Waals surface area contributed by atoms with Gasteiger partial charge in [-0.25, -0.2) is 4.79 Å². The number of aromatic nitrogens is 3. The fourth-order valence-electron chi connectivity index (χ4n) is 1.41. The summed E-state index contributed by atoms with van der Waals surface area (Å²) in [5, 5.41) is 16.7. The highest BCUT2D eigenvalue weighted by Gasteiger charge is 2.14. The summed E-state index contributed by atoms with van der Waals surface area (Å²) in [4.78, 5) is 11.0. The Morgan fingerprint density at radius 3 is 2.80 bits per heavy atom. The molecule has 6 nitrogen and oxygen atoms in total. The van der Waals surface area contributed by atoms with Crippen molar-refractivity contribution in [2.75, 3.05) is 7.11 Å². The van der Waals surface area contributed by atoms with Gasteiger partial charge in [-0.1, -0.05) is 0 Å². The summed E-state index contributed by atoms with van der Waals surface area (Å²) in [6.07, 6.45) is 0. The molecule has 0 aliphatic heterocycles. The maximum absolute atomic E-state index is 11.0. The topological polar surface area (TPSA) is 76.7 Å². The smallest absolute Gasteiger partial charge is 0.353 e. The Hall–Kier alpha value is -2.11. The van der Waals surface area contributed by atoms with Crippen LogP contribution in [0.5, 0.6) is 5.75 Å². The first-order valence-electron chi connectivity index (χ1n) is 4.26. The van der Waals surface area contributed by atoms with E-state index in [9.17, 15) is 4.79 Å². The minimum atomic E-state index is -1.04. The van der Waals surface area contributed by atoms with Crippen LogP contribution in [0.15, 0.2) is 12.1 Å². The van der Waals surface area contributed by atoms with Crippen molar-refractivity contribution in [2.24, 2.45) is 0 Å². The Kier molecular flexibility index (Phi) is 2.03. The predicted molar refractivity (Wildman–Crippen MR) is 51.2 cm³/mol. The lowest BCUT2D eigenvalue weighted by Gasteiger charge is -2.04. The van der Waals surface area contributed by atoms with Gasteiger partial charge in [0.15, 0.2) is 5.65 Å². The van der Waals surface area contributed by atoms with Crippen molar-refractivity contribution in [2.45, 2.75) is 6.92 Å². The second-order valence-corrected chi connectivity index (χ2v) is 3.03. The molecule has 2 rings (SSSR count). The molecule has 0 saturated carbocycles. The van der Waals surface area contributed by atoms with Gasteiger partial charge in [0.05, 0.1) is 7.11 Å². The quantitative estimate of drug-likeness (QED) is 0.786. The Bertz CT molecular complexity index is 533. The first-order chi connectivity index (χ1) is 7.13. The molecule has 2 heterocycles. The average Bonchev–Trinajstić information content (AvgIpc) is 2.59. The molecule has 0 aliphatic rings. The van der Waals surface area contributed by atoms with Crippen LogP contribution in [0.1, 0.15) is 16.3 Å². The number of carboxylic acid groups (broad SMARTS) is 1. The van der Waals surface area contributed by atoms with Gasteiger partial charge in [0, 0.05) is 12.1 Å². The lowest BCUT2D eigenvalue weighted by atomic mass is 10.3. The fourth-order valence-corrected chi connectivity index (χ4v) is 1.41. The molecule has 78 valence electrons. The van der Waals surface area contributed by atoms with Crippen molar-refractivity contribution in [1.29, 1.82) is 0 Å². The molecule has 0 unspecified atom stereocenters. The van der Waals surface area contributed by atoms with E-state index in [0.717, 1.165) is 0 Å². The predicted octanol–water partition coefficient (Wildman–Crippen LogP) is 0.745. The zero-order chi connectivity index (χ0) is 11.0. The highest BCUT2D eigenvalue weighted by molar-refractivity contribution is 5.87. The molecular weight excluding hydrogens is 198 g/mol. The van der Waals surface area contributed by atoms with Gasteiger partial charge in [-0.3, -0.25) is 4.40 Å². The number of carbonyl (C=O) groups is 1. The molecule has 0 atom stereocenters. The zero-order valence-electron chi connectivity index (χ0n) is 8.26. The second kappa shape index (κ2) is 3.23. The number of ether oxygens (including phenoxy) is 1. The van der Waals surface area contributed by atoms with E-state index < -0.39 is 5.97 Å². The van der Waals surface area contributed by atoms with Crippen molar-refractivity contribution < 1.29 is 14.6 Å². The molecule has 0 aliphatic carbocycles. The van der Waals surface area contributed by atoms with Gasteiger partial charge in [-0.2, -0.15) is 0 Å². The summed E-state index contributed by atoms with van der Waals surface area (Å²) in [7, 11) is 1.47. The van der Waals surface area contributed by atoms with Crippen molar-refractivity contribution in [1.82, 2.24) is 14.6 Å². The minimum Gasteiger partial charge on any atom is -0.497 e. The number of pyridine rings is 1. The number of methoxy groups -OCH3 is 1. The van der Waals surface area contributed by atoms with Crippen LogP contribution < -0.4 is 4.74 Å². The fraction of sp³-hybridized carbons (Fsp3) is 0.222. The lowest BCUT2D eigenvalue weighted by Crippen LogP contribution is -2.06. The monoisotopic (exact) mass is 207 g/mol. The molecule has 0 bridgehead atoms. The summed E-state index contributed by atoms with van der Waals surface area (Å²) in [6, 6.07) is 3.07. The Labute approximate surface area is 85.1 Å². The van der Waals surface area contributed by atoms with E-state index >= 15 is 0 Å². The van der Waals surface area contributed by atoms with Crippen LogP contribution in [0.25, 0.3) is 5.65 Å². The molecular formula is C9H9N3O3. The van der Waals surface area contributed by atoms with Crippen LogP contribution in [-0.2, 0) is 0 Å². The van der Waals surface area contributed by atoms with Gasteiger partial charge in [0.2, 0.25) is 0 Å². The van der Waals surface area contributed by atoms with E-state index in [4.69, 9.17) is 9.84 Å². The van der Waals surface area contributed by atoms with E-state index in [1.807, 2.05) is 0 Å². The number of fused-ring (bicyclic) bond motifs is 1. The van der Waals surface area contributed by atoms with Gasteiger partial charge in [0.1, 0.15) is 17.3 Å². The Morgan fingerprint density at radius 1 is 1.47 bits per heavy atom. The molecule has 1 N–H and O–H groups in total. The van der Waals surface area contributed by atoms with Crippen molar-refractivity contribution in [3.63, 3.8) is 0 Å². The minimum absolute atomic E-state index is 0.0897. The number of carboxylic acids is 1. The number of rotatable bonds is 2. The summed E-state index contributed by atoms with van der Waals surface area (Å²) in [6.45, 7) is 1.69. The normalized spacial score (nSPS) is 10.5. The van der Waals surface area contributed by atoms with Gasteiger partial charge in [0.25, 0.3) is 0 Å². The number of hydrogen-bond acceptors (Lipinski definition) is 4. The zero-order valence-corrected chi connectivity index (χ0v) is 8.26.